The van der Waals surface area contributed by atoms with Gasteiger partial charge in [0.1, 0.15) is 17.8 Å². The number of esters is 4. The van der Waals surface area contributed by atoms with Gasteiger partial charge in [0, 0.05) is 32.1 Å². The molecule has 0 saturated carbocycles. The van der Waals surface area contributed by atoms with E-state index in [9.17, 15) is 29.4 Å². The lowest BCUT2D eigenvalue weighted by Gasteiger charge is -2.57. The number of halogens is 2. The summed E-state index contributed by atoms with van der Waals surface area (Å²) in [6.45, 7) is 10.3. The van der Waals surface area contributed by atoms with Crippen molar-refractivity contribution in [3.8, 4) is 0 Å². The Morgan fingerprint density at radius 3 is 2.13 bits per heavy atom. The fourth-order valence-corrected chi connectivity index (χ4v) is 6.38. The summed E-state index contributed by atoms with van der Waals surface area (Å²) in [6.07, 6.45) is 0.139. The summed E-state index contributed by atoms with van der Waals surface area (Å²) in [6, 6.07) is 0. The average molecular weight is 575 g/mol. The number of alkyl halides is 2. The van der Waals surface area contributed by atoms with Crippen molar-refractivity contribution in [1.29, 1.82) is 0 Å². The molecule has 0 aromatic heterocycles. The SMILES string of the molecule is C=C1/C=C\[C@H](OC(C)=O)[C@@]2(C)C=C[C@@H](OC(C)=O)[C@](O)(CCl)[C@@H]2[C@@H](OC(C)=O)[C@]2(O)[C@@H](C)C(=O)O[C@H]2[C@H]1Cl. The number of allylic oxidation sites excluding steroid dienone is 1. The molecular weight excluding hydrogens is 543 g/mol. The van der Waals surface area contributed by atoms with Crippen molar-refractivity contribution in [3.63, 3.8) is 0 Å². The second-order valence-corrected chi connectivity index (χ2v) is 11.0. The van der Waals surface area contributed by atoms with Crippen LogP contribution in [-0.4, -0.2) is 81.0 Å². The Morgan fingerprint density at radius 1 is 1.05 bits per heavy atom. The lowest BCUT2D eigenvalue weighted by atomic mass is 9.54. The summed E-state index contributed by atoms with van der Waals surface area (Å²) in [4.78, 5) is 49.5. The minimum atomic E-state index is -2.33. The van der Waals surface area contributed by atoms with Gasteiger partial charge in [-0.25, -0.2) is 0 Å². The van der Waals surface area contributed by atoms with Crippen molar-refractivity contribution in [1.82, 2.24) is 0 Å². The van der Waals surface area contributed by atoms with E-state index in [1.165, 1.54) is 38.2 Å². The molecule has 2 N–H and O–H groups in total. The molecule has 38 heavy (non-hydrogen) atoms. The maximum absolute atomic E-state index is 12.8. The number of ether oxygens (including phenoxy) is 4. The zero-order valence-electron chi connectivity index (χ0n) is 21.7. The van der Waals surface area contributed by atoms with Gasteiger partial charge in [-0.3, -0.25) is 19.2 Å². The third-order valence-electron chi connectivity index (χ3n) is 7.65. The normalized spacial score (nSPS) is 43.2. The molecule has 12 heteroatoms. The van der Waals surface area contributed by atoms with Gasteiger partial charge in [0.15, 0.2) is 17.8 Å². The average Bonchev–Trinajstić information content (AvgIpc) is 3.05. The van der Waals surface area contributed by atoms with Gasteiger partial charge in [0.2, 0.25) is 0 Å². The van der Waals surface area contributed by atoms with Gasteiger partial charge in [-0.2, -0.15) is 0 Å². The van der Waals surface area contributed by atoms with E-state index >= 15 is 0 Å². The first-order chi connectivity index (χ1) is 17.5. The van der Waals surface area contributed by atoms with E-state index in [1.807, 2.05) is 0 Å². The molecule has 1 aliphatic heterocycles. The number of hydrogen-bond donors (Lipinski definition) is 2. The van der Waals surface area contributed by atoms with Crippen molar-refractivity contribution in [2.75, 3.05) is 5.88 Å². The molecule has 1 heterocycles. The molecule has 1 saturated heterocycles. The second-order valence-electron chi connectivity index (χ2n) is 10.2. The van der Waals surface area contributed by atoms with Crippen LogP contribution in [0.5, 0.6) is 0 Å². The zero-order chi connectivity index (χ0) is 28.8. The minimum Gasteiger partial charge on any atom is -0.459 e. The van der Waals surface area contributed by atoms with E-state index in [0.717, 1.165) is 13.8 Å². The number of hydrogen-bond acceptors (Lipinski definition) is 10. The van der Waals surface area contributed by atoms with Crippen LogP contribution in [0.15, 0.2) is 36.5 Å². The van der Waals surface area contributed by atoms with Crippen molar-refractivity contribution >= 4 is 47.1 Å². The molecule has 1 fully saturated rings. The molecule has 210 valence electrons. The molecule has 3 aliphatic rings. The summed E-state index contributed by atoms with van der Waals surface area (Å²) in [5, 5.41) is 23.3. The first-order valence-electron chi connectivity index (χ1n) is 12.0. The van der Waals surface area contributed by atoms with Crippen LogP contribution >= 0.6 is 23.2 Å². The molecule has 10 atom stereocenters. The highest BCUT2D eigenvalue weighted by Crippen LogP contribution is 2.55. The first kappa shape index (κ1) is 30.1. The van der Waals surface area contributed by atoms with Crippen LogP contribution in [0.25, 0.3) is 0 Å². The lowest BCUT2D eigenvalue weighted by molar-refractivity contribution is -0.241. The van der Waals surface area contributed by atoms with Gasteiger partial charge in [-0.05, 0) is 24.6 Å². The predicted molar refractivity (Wildman–Crippen MR) is 135 cm³/mol. The quantitative estimate of drug-likeness (QED) is 0.221. The van der Waals surface area contributed by atoms with E-state index in [1.54, 1.807) is 6.92 Å². The topological polar surface area (TPSA) is 146 Å². The standard InChI is InChI=1S/C26H32Cl2O10/c1-12-7-8-17(35-14(3)29)24(6)10-9-18(36-15(4)30)25(33,11-27)20(24)22(37-16(5)31)26(34)13(2)23(32)38-21(26)19(12)28/h7-10,13,17-22,33-34H,1,11H2,2-6H3/b8-7-/t13-,17-,18+,19-,20+,21-,22+,24+,25+,26-/m0/s1. The Labute approximate surface area is 230 Å². The zero-order valence-corrected chi connectivity index (χ0v) is 23.2. The van der Waals surface area contributed by atoms with E-state index < -0.39 is 88.0 Å². The van der Waals surface area contributed by atoms with Gasteiger partial charge in [0.25, 0.3) is 0 Å². The molecule has 3 rings (SSSR count). The third kappa shape index (κ3) is 4.87. The molecular formula is C26H32Cl2O10. The Balaban J connectivity index is 2.45. The Kier molecular flexibility index (Phi) is 8.44. The van der Waals surface area contributed by atoms with Gasteiger partial charge in [-0.1, -0.05) is 25.7 Å². The Bertz CT molecular complexity index is 1090. The van der Waals surface area contributed by atoms with Crippen molar-refractivity contribution in [3.05, 3.63) is 36.5 Å². The van der Waals surface area contributed by atoms with Gasteiger partial charge in [0.05, 0.1) is 17.2 Å². The number of carbonyl (C=O) groups excluding carboxylic acids is 4. The maximum atomic E-state index is 12.8. The van der Waals surface area contributed by atoms with Gasteiger partial charge in [-0.15, -0.1) is 23.2 Å². The summed E-state index contributed by atoms with van der Waals surface area (Å²) in [5.74, 6) is -6.44. The van der Waals surface area contributed by atoms with E-state index in [-0.39, 0.29) is 5.57 Å². The highest BCUT2D eigenvalue weighted by atomic mass is 35.5. The number of fused-ring (bicyclic) bond motifs is 2. The van der Waals surface area contributed by atoms with E-state index in [2.05, 4.69) is 6.58 Å². The summed E-state index contributed by atoms with van der Waals surface area (Å²) in [5.41, 5.74) is -5.80. The van der Waals surface area contributed by atoms with E-state index in [4.69, 9.17) is 42.1 Å². The second kappa shape index (κ2) is 10.6. The van der Waals surface area contributed by atoms with Crippen LogP contribution < -0.4 is 0 Å². The number of rotatable bonds is 4. The summed E-state index contributed by atoms with van der Waals surface area (Å²) < 4.78 is 22.2. The van der Waals surface area contributed by atoms with Crippen LogP contribution in [0.1, 0.15) is 34.6 Å². The molecule has 0 unspecified atom stereocenters. The van der Waals surface area contributed by atoms with Crippen molar-refractivity contribution in [2.24, 2.45) is 17.3 Å². The summed E-state index contributed by atoms with van der Waals surface area (Å²) in [7, 11) is 0. The third-order valence-corrected chi connectivity index (χ3v) is 8.58. The maximum Gasteiger partial charge on any atom is 0.312 e. The highest BCUT2D eigenvalue weighted by Gasteiger charge is 2.71. The predicted octanol–water partition coefficient (Wildman–Crippen LogP) is 1.97. The van der Waals surface area contributed by atoms with Crippen LogP contribution in [-0.2, 0) is 38.1 Å². The van der Waals surface area contributed by atoms with Crippen LogP contribution in [0, 0.1) is 17.3 Å². The smallest absolute Gasteiger partial charge is 0.312 e. The molecule has 0 aromatic rings. The van der Waals surface area contributed by atoms with E-state index in [0.29, 0.717) is 0 Å². The molecule has 0 aromatic carbocycles. The Hall–Kier alpha value is -2.40. The van der Waals surface area contributed by atoms with Crippen molar-refractivity contribution in [2.45, 2.75) is 75.6 Å². The Morgan fingerprint density at radius 2 is 1.61 bits per heavy atom. The fraction of sp³-hybridized carbons (Fsp3) is 0.615. The van der Waals surface area contributed by atoms with Gasteiger partial charge >= 0.3 is 23.9 Å². The first-order valence-corrected chi connectivity index (χ1v) is 12.9. The monoisotopic (exact) mass is 574 g/mol. The van der Waals surface area contributed by atoms with Crippen LogP contribution in [0.2, 0.25) is 0 Å². The molecule has 0 amide bonds. The van der Waals surface area contributed by atoms with Crippen LogP contribution in [0.3, 0.4) is 0 Å². The molecule has 10 nitrogen and oxygen atoms in total. The molecule has 0 radical (unpaired) electrons. The largest absolute Gasteiger partial charge is 0.459 e. The minimum absolute atomic E-state index is 0.211. The molecule has 2 aliphatic carbocycles. The number of aliphatic hydroxyl groups is 2. The fourth-order valence-electron chi connectivity index (χ4n) is 5.74. The molecule has 0 spiro atoms. The summed E-state index contributed by atoms with van der Waals surface area (Å²) >= 11 is 13.0. The van der Waals surface area contributed by atoms with Crippen LogP contribution in [0.4, 0.5) is 0 Å². The highest BCUT2D eigenvalue weighted by molar-refractivity contribution is 6.23. The van der Waals surface area contributed by atoms with Gasteiger partial charge < -0.3 is 29.2 Å². The van der Waals surface area contributed by atoms with Crippen molar-refractivity contribution < 1.29 is 48.3 Å². The number of carbonyl (C=O) groups is 4. The molecule has 0 bridgehead atoms. The lowest BCUT2D eigenvalue weighted by Crippen LogP contribution is -2.71.